The molecule has 0 spiro atoms. The molecule has 9 heteroatoms. The zero-order valence-electron chi connectivity index (χ0n) is 17.7. The number of amides is 1. The number of hydrogen-bond donors (Lipinski definition) is 1. The van der Waals surface area contributed by atoms with Crippen molar-refractivity contribution < 1.29 is 18.9 Å². The van der Waals surface area contributed by atoms with Gasteiger partial charge >= 0.3 is 0 Å². The van der Waals surface area contributed by atoms with Crippen LogP contribution in [0.4, 0.5) is 5.69 Å². The number of halogens is 1. The van der Waals surface area contributed by atoms with Gasteiger partial charge in [-0.1, -0.05) is 54.1 Å². The molecule has 4 rings (SSSR count). The molecule has 0 bridgehead atoms. The van der Waals surface area contributed by atoms with Crippen LogP contribution in [0.2, 0.25) is 5.02 Å². The Morgan fingerprint density at radius 1 is 1.03 bits per heavy atom. The molecule has 8 nitrogen and oxygen atoms in total. The molecule has 0 saturated heterocycles. The third-order valence-electron chi connectivity index (χ3n) is 4.77. The Bertz CT molecular complexity index is 1330. The zero-order valence-corrected chi connectivity index (χ0v) is 18.4. The van der Waals surface area contributed by atoms with Crippen LogP contribution in [-0.4, -0.2) is 23.7 Å². The average molecular weight is 476 g/mol. The summed E-state index contributed by atoms with van der Waals surface area (Å²) in [6.07, 6.45) is 1.33. The molecule has 0 aliphatic rings. The summed E-state index contributed by atoms with van der Waals surface area (Å²) >= 11 is 6.12. The number of hydrogen-bond acceptors (Lipinski definition) is 6. The molecule has 1 aromatic heterocycles. The summed E-state index contributed by atoms with van der Waals surface area (Å²) in [6, 6.07) is 24.8. The fourth-order valence-corrected chi connectivity index (χ4v) is 3.38. The highest BCUT2D eigenvalue weighted by Gasteiger charge is 2.13. The van der Waals surface area contributed by atoms with E-state index in [2.05, 4.69) is 10.5 Å². The lowest BCUT2D eigenvalue weighted by atomic mass is 10.1. The van der Waals surface area contributed by atoms with Gasteiger partial charge in [-0.15, -0.1) is 0 Å². The van der Waals surface area contributed by atoms with Gasteiger partial charge < -0.3 is 9.15 Å². The Morgan fingerprint density at radius 3 is 2.47 bits per heavy atom. The van der Waals surface area contributed by atoms with E-state index in [-0.39, 0.29) is 17.3 Å². The summed E-state index contributed by atoms with van der Waals surface area (Å²) in [5, 5.41) is 14.9. The van der Waals surface area contributed by atoms with E-state index in [0.717, 1.165) is 11.1 Å². The summed E-state index contributed by atoms with van der Waals surface area (Å²) < 4.78 is 11.1. The van der Waals surface area contributed by atoms with Crippen LogP contribution in [0.25, 0.3) is 22.5 Å². The van der Waals surface area contributed by atoms with Crippen LogP contribution in [0.3, 0.4) is 0 Å². The molecule has 0 unspecified atom stereocenters. The van der Waals surface area contributed by atoms with Crippen molar-refractivity contribution in [3.63, 3.8) is 0 Å². The minimum atomic E-state index is -0.526. The minimum Gasteiger partial charge on any atom is -0.484 e. The van der Waals surface area contributed by atoms with E-state index in [4.69, 9.17) is 20.8 Å². The number of benzene rings is 3. The lowest BCUT2D eigenvalue weighted by Gasteiger charge is -2.06. The third kappa shape index (κ3) is 5.67. The molecule has 1 amide bonds. The van der Waals surface area contributed by atoms with Crippen molar-refractivity contribution in [2.45, 2.75) is 0 Å². The first-order valence-electron chi connectivity index (χ1n) is 10.1. The van der Waals surface area contributed by atoms with Crippen LogP contribution in [-0.2, 0) is 4.79 Å². The quantitative estimate of drug-likeness (QED) is 0.200. The average Bonchev–Trinajstić information content (AvgIpc) is 3.32. The maximum atomic E-state index is 12.0. The van der Waals surface area contributed by atoms with Gasteiger partial charge in [-0.05, 0) is 41.5 Å². The Kier molecular flexibility index (Phi) is 7.00. The smallest absolute Gasteiger partial charge is 0.277 e. The summed E-state index contributed by atoms with van der Waals surface area (Å²) in [7, 11) is 0. The van der Waals surface area contributed by atoms with Gasteiger partial charge in [0.25, 0.3) is 11.6 Å². The van der Waals surface area contributed by atoms with Gasteiger partial charge in [-0.25, -0.2) is 5.43 Å². The van der Waals surface area contributed by atoms with Gasteiger partial charge in [0.2, 0.25) is 0 Å². The van der Waals surface area contributed by atoms with Crippen molar-refractivity contribution in [2.75, 3.05) is 6.61 Å². The van der Waals surface area contributed by atoms with Crippen molar-refractivity contribution in [3.8, 4) is 28.2 Å². The van der Waals surface area contributed by atoms with Crippen molar-refractivity contribution in [3.05, 3.63) is 106 Å². The molecule has 0 aliphatic carbocycles. The monoisotopic (exact) mass is 475 g/mol. The number of rotatable bonds is 8. The van der Waals surface area contributed by atoms with Crippen LogP contribution in [0, 0.1) is 10.1 Å². The molecule has 3 aromatic carbocycles. The molecule has 0 atom stereocenters. The van der Waals surface area contributed by atoms with E-state index < -0.39 is 10.8 Å². The molecule has 1 heterocycles. The molecule has 0 fully saturated rings. The number of hydrazone groups is 1. The van der Waals surface area contributed by atoms with E-state index in [1.54, 1.807) is 24.3 Å². The normalized spacial score (nSPS) is 10.9. The van der Waals surface area contributed by atoms with Crippen LogP contribution in [0.1, 0.15) is 5.76 Å². The molecule has 1 N–H and O–H groups in total. The second-order valence-corrected chi connectivity index (χ2v) is 7.50. The van der Waals surface area contributed by atoms with E-state index in [0.29, 0.717) is 22.8 Å². The minimum absolute atomic E-state index is 0.112. The zero-order chi connectivity index (χ0) is 23.9. The molecule has 4 aromatic rings. The highest BCUT2D eigenvalue weighted by molar-refractivity contribution is 6.33. The van der Waals surface area contributed by atoms with E-state index in [1.807, 2.05) is 42.5 Å². The van der Waals surface area contributed by atoms with Crippen LogP contribution in [0.15, 0.2) is 94.4 Å². The predicted octanol–water partition coefficient (Wildman–Crippen LogP) is 5.70. The number of non-ortho nitro benzene ring substituents is 1. The van der Waals surface area contributed by atoms with Crippen molar-refractivity contribution in [1.29, 1.82) is 0 Å². The molecule has 170 valence electrons. The lowest BCUT2D eigenvalue weighted by Crippen LogP contribution is -2.24. The Labute approximate surface area is 199 Å². The number of nitrogens with one attached hydrogen (secondary N) is 1. The first kappa shape index (κ1) is 22.8. The van der Waals surface area contributed by atoms with Crippen LogP contribution in [0.5, 0.6) is 5.75 Å². The largest absolute Gasteiger partial charge is 0.484 e. The summed E-state index contributed by atoms with van der Waals surface area (Å²) in [5.41, 5.74) is 4.90. The number of ether oxygens (including phenoxy) is 1. The number of furan rings is 1. The van der Waals surface area contributed by atoms with Gasteiger partial charge in [0.15, 0.2) is 6.61 Å². The van der Waals surface area contributed by atoms with Gasteiger partial charge in [-0.3, -0.25) is 14.9 Å². The van der Waals surface area contributed by atoms with E-state index in [9.17, 15) is 14.9 Å². The molecule has 34 heavy (non-hydrogen) atoms. The fraction of sp³-hybridized carbons (Fsp3) is 0.0400. The van der Waals surface area contributed by atoms with Gasteiger partial charge in [0.1, 0.15) is 17.3 Å². The van der Waals surface area contributed by atoms with Crippen LogP contribution < -0.4 is 10.2 Å². The molecule has 0 saturated carbocycles. The Morgan fingerprint density at radius 2 is 1.76 bits per heavy atom. The number of nitrogens with zero attached hydrogens (tertiary/aromatic N) is 2. The second kappa shape index (κ2) is 10.5. The summed E-state index contributed by atoms with van der Waals surface area (Å²) in [4.78, 5) is 22.3. The fourth-order valence-electron chi connectivity index (χ4n) is 3.11. The van der Waals surface area contributed by atoms with Crippen molar-refractivity contribution in [1.82, 2.24) is 5.43 Å². The van der Waals surface area contributed by atoms with Gasteiger partial charge in [-0.2, -0.15) is 5.10 Å². The SMILES string of the molecule is O=C(COc1ccc(-c2ccccc2)cc1)N/N=C/c1ccc(-c2ccc([N+](=O)[O-])cc2Cl)o1. The number of nitro benzene ring substituents is 1. The lowest BCUT2D eigenvalue weighted by molar-refractivity contribution is -0.384. The number of carbonyl (C=O) groups excluding carboxylic acids is 1. The molecular weight excluding hydrogens is 458 g/mol. The standard InChI is InChI=1S/C25H18ClN3O5/c26-23-14-19(29(31)32)8-12-22(23)24-13-11-21(34-24)15-27-28-25(30)16-33-20-9-6-18(7-10-20)17-4-2-1-3-5-17/h1-15H,16H2,(H,28,30)/b27-15+. The van der Waals surface area contributed by atoms with E-state index >= 15 is 0 Å². The highest BCUT2D eigenvalue weighted by atomic mass is 35.5. The predicted molar refractivity (Wildman–Crippen MR) is 129 cm³/mol. The summed E-state index contributed by atoms with van der Waals surface area (Å²) in [6.45, 7) is -0.205. The van der Waals surface area contributed by atoms with Crippen LogP contribution >= 0.6 is 11.6 Å². The topological polar surface area (TPSA) is 107 Å². The number of nitro groups is 1. The Balaban J connectivity index is 1.28. The second-order valence-electron chi connectivity index (χ2n) is 7.10. The van der Waals surface area contributed by atoms with Gasteiger partial charge in [0, 0.05) is 17.7 Å². The van der Waals surface area contributed by atoms with Crippen molar-refractivity contribution in [2.24, 2.45) is 5.10 Å². The molecule has 0 aliphatic heterocycles. The maximum absolute atomic E-state index is 12.0. The summed E-state index contributed by atoms with van der Waals surface area (Å²) in [5.74, 6) is 0.903. The van der Waals surface area contributed by atoms with Crippen molar-refractivity contribution >= 4 is 29.4 Å². The van der Waals surface area contributed by atoms with Gasteiger partial charge in [0.05, 0.1) is 16.2 Å². The molecule has 0 radical (unpaired) electrons. The highest BCUT2D eigenvalue weighted by Crippen LogP contribution is 2.32. The van der Waals surface area contributed by atoms with E-state index in [1.165, 1.54) is 24.4 Å². The number of carbonyl (C=O) groups is 1. The first-order chi connectivity index (χ1) is 16.5. The maximum Gasteiger partial charge on any atom is 0.277 e. The third-order valence-corrected chi connectivity index (χ3v) is 5.08. The Hall–Kier alpha value is -4.43. The molecular formula is C25H18ClN3O5. The first-order valence-corrected chi connectivity index (χ1v) is 10.5.